The molecule has 34 heavy (non-hydrogen) atoms. The van der Waals surface area contributed by atoms with Crippen molar-refractivity contribution in [3.05, 3.63) is 106 Å². The number of rotatable bonds is 10. The van der Waals surface area contributed by atoms with Gasteiger partial charge in [0.05, 0.1) is 11.3 Å². The molecular weight excluding hydrogens is 438 g/mol. The number of carboxylic acids is 1. The zero-order valence-electron chi connectivity index (χ0n) is 18.0. The van der Waals surface area contributed by atoms with Gasteiger partial charge in [0.15, 0.2) is 5.54 Å². The van der Waals surface area contributed by atoms with Gasteiger partial charge in [-0.3, -0.25) is 25.1 Å². The van der Waals surface area contributed by atoms with Crippen molar-refractivity contribution in [2.45, 2.75) is 18.5 Å². The van der Waals surface area contributed by atoms with Gasteiger partial charge in [0.1, 0.15) is 5.84 Å². The quantitative estimate of drug-likeness (QED) is 0.134. The topological polar surface area (TPSA) is 171 Å². The molecule has 3 aromatic carbocycles. The number of amidine groups is 1. The van der Waals surface area contributed by atoms with Crippen LogP contribution in [0.15, 0.2) is 78.9 Å². The Balaban J connectivity index is 2.08. The van der Waals surface area contributed by atoms with Gasteiger partial charge in [-0.1, -0.05) is 42.5 Å². The maximum absolute atomic E-state index is 13.6. The van der Waals surface area contributed by atoms with Crippen molar-refractivity contribution in [3.63, 3.8) is 0 Å². The summed E-state index contributed by atoms with van der Waals surface area (Å²) in [7, 11) is 0. The SMILES string of the molecule is N=C(N)c1ccc(N[C@](CC(=O)O)(C(=O)NCc2ccccc2)c2cccc([N+](=O)[O-])c2)cc1. The number of benzene rings is 3. The number of nitrogens with two attached hydrogens (primary N) is 1. The lowest BCUT2D eigenvalue weighted by atomic mass is 9.84. The van der Waals surface area contributed by atoms with Crippen molar-refractivity contribution in [1.29, 1.82) is 5.41 Å². The second kappa shape index (κ2) is 10.3. The molecule has 1 atom stereocenters. The van der Waals surface area contributed by atoms with Gasteiger partial charge in [0.2, 0.25) is 0 Å². The Morgan fingerprint density at radius 3 is 2.29 bits per heavy atom. The van der Waals surface area contributed by atoms with Crippen LogP contribution in [0.1, 0.15) is 23.1 Å². The van der Waals surface area contributed by atoms with Crippen LogP contribution in [0.2, 0.25) is 0 Å². The van der Waals surface area contributed by atoms with E-state index >= 15 is 0 Å². The third-order valence-corrected chi connectivity index (χ3v) is 5.20. The Labute approximate surface area is 195 Å². The summed E-state index contributed by atoms with van der Waals surface area (Å²) in [5, 5.41) is 34.4. The lowest BCUT2D eigenvalue weighted by Gasteiger charge is -2.33. The number of amides is 1. The smallest absolute Gasteiger partial charge is 0.306 e. The first-order chi connectivity index (χ1) is 16.2. The number of nitrogen functional groups attached to an aromatic ring is 1. The lowest BCUT2D eigenvalue weighted by Crippen LogP contribution is -2.51. The van der Waals surface area contributed by atoms with Gasteiger partial charge in [-0.15, -0.1) is 0 Å². The van der Waals surface area contributed by atoms with E-state index in [0.717, 1.165) is 5.56 Å². The van der Waals surface area contributed by atoms with Crippen LogP contribution in [-0.4, -0.2) is 27.7 Å². The number of carboxylic acid groups (broad SMARTS) is 1. The van der Waals surface area contributed by atoms with Crippen LogP contribution in [-0.2, 0) is 21.7 Å². The van der Waals surface area contributed by atoms with Crippen LogP contribution in [0.25, 0.3) is 0 Å². The van der Waals surface area contributed by atoms with Crippen molar-refractivity contribution in [3.8, 4) is 0 Å². The highest BCUT2D eigenvalue weighted by molar-refractivity contribution is 5.96. The minimum atomic E-state index is -1.87. The summed E-state index contributed by atoms with van der Waals surface area (Å²) in [6.07, 6.45) is -0.691. The number of non-ortho nitro benzene ring substituents is 1. The number of nitrogens with zero attached hydrogens (tertiary/aromatic N) is 1. The molecule has 0 fully saturated rings. The molecule has 1 amide bonds. The summed E-state index contributed by atoms with van der Waals surface area (Å²) in [5.74, 6) is -2.10. The lowest BCUT2D eigenvalue weighted by molar-refractivity contribution is -0.384. The monoisotopic (exact) mass is 461 g/mol. The molecule has 3 rings (SSSR count). The summed E-state index contributed by atoms with van der Waals surface area (Å²) in [6.45, 7) is 0.126. The van der Waals surface area contributed by atoms with E-state index in [1.165, 1.54) is 24.3 Å². The number of nitrogens with one attached hydrogen (secondary N) is 3. The predicted molar refractivity (Wildman–Crippen MR) is 126 cm³/mol. The van der Waals surface area contributed by atoms with Crippen LogP contribution < -0.4 is 16.4 Å². The number of hydrogen-bond donors (Lipinski definition) is 5. The van der Waals surface area contributed by atoms with Crippen molar-refractivity contribution in [2.75, 3.05) is 5.32 Å². The molecule has 6 N–H and O–H groups in total. The van der Waals surface area contributed by atoms with Gasteiger partial charge in [-0.2, -0.15) is 0 Å². The first-order valence-corrected chi connectivity index (χ1v) is 10.2. The fraction of sp³-hybridized carbons (Fsp3) is 0.125. The zero-order valence-corrected chi connectivity index (χ0v) is 18.0. The third-order valence-electron chi connectivity index (χ3n) is 5.20. The molecule has 0 heterocycles. The van der Waals surface area contributed by atoms with Crippen molar-refractivity contribution in [2.24, 2.45) is 5.73 Å². The number of carbonyl (C=O) groups is 2. The Morgan fingerprint density at radius 2 is 1.71 bits per heavy atom. The Hall–Kier alpha value is -4.73. The van der Waals surface area contributed by atoms with E-state index in [2.05, 4.69) is 10.6 Å². The normalized spacial score (nSPS) is 12.2. The van der Waals surface area contributed by atoms with Crippen molar-refractivity contribution in [1.82, 2.24) is 5.32 Å². The molecule has 10 heteroatoms. The summed E-state index contributed by atoms with van der Waals surface area (Å²) in [4.78, 5) is 36.3. The average molecular weight is 461 g/mol. The van der Waals surface area contributed by atoms with E-state index in [1.54, 1.807) is 48.5 Å². The average Bonchev–Trinajstić information content (AvgIpc) is 2.82. The Morgan fingerprint density at radius 1 is 1.03 bits per heavy atom. The van der Waals surface area contributed by atoms with Crippen LogP contribution in [0, 0.1) is 15.5 Å². The van der Waals surface area contributed by atoms with E-state index in [0.29, 0.717) is 11.3 Å². The minimum absolute atomic E-state index is 0.116. The fourth-order valence-corrected chi connectivity index (χ4v) is 3.51. The van der Waals surface area contributed by atoms with Crippen LogP contribution in [0.5, 0.6) is 0 Å². The number of anilines is 1. The zero-order chi connectivity index (χ0) is 24.7. The van der Waals surface area contributed by atoms with E-state index < -0.39 is 28.8 Å². The van der Waals surface area contributed by atoms with E-state index in [4.69, 9.17) is 11.1 Å². The predicted octanol–water partition coefficient (Wildman–Crippen LogP) is 2.98. The second-order valence-corrected chi connectivity index (χ2v) is 7.57. The number of hydrogen-bond acceptors (Lipinski definition) is 6. The number of nitro groups is 1. The molecule has 0 aromatic heterocycles. The molecule has 0 spiro atoms. The van der Waals surface area contributed by atoms with E-state index in [9.17, 15) is 24.8 Å². The summed E-state index contributed by atoms with van der Waals surface area (Å²) >= 11 is 0. The van der Waals surface area contributed by atoms with Crippen molar-refractivity contribution < 1.29 is 19.6 Å². The summed E-state index contributed by atoms with van der Waals surface area (Å²) < 4.78 is 0. The van der Waals surface area contributed by atoms with Gasteiger partial charge in [0.25, 0.3) is 11.6 Å². The molecule has 0 unspecified atom stereocenters. The van der Waals surface area contributed by atoms with E-state index in [-0.39, 0.29) is 23.6 Å². The van der Waals surface area contributed by atoms with Gasteiger partial charge < -0.3 is 21.5 Å². The van der Waals surface area contributed by atoms with Crippen molar-refractivity contribution >= 4 is 29.1 Å². The highest BCUT2D eigenvalue weighted by Crippen LogP contribution is 2.33. The summed E-state index contributed by atoms with van der Waals surface area (Å²) in [5.41, 5.74) is 5.07. The maximum atomic E-state index is 13.6. The van der Waals surface area contributed by atoms with Gasteiger partial charge >= 0.3 is 5.97 Å². The minimum Gasteiger partial charge on any atom is -0.481 e. The first-order valence-electron chi connectivity index (χ1n) is 10.2. The molecule has 0 aliphatic rings. The van der Waals surface area contributed by atoms with Gasteiger partial charge in [-0.25, -0.2) is 0 Å². The summed E-state index contributed by atoms with van der Waals surface area (Å²) in [6, 6.07) is 20.6. The molecule has 0 aliphatic carbocycles. The Bertz CT molecular complexity index is 1210. The number of aliphatic carboxylic acids is 1. The molecule has 0 saturated heterocycles. The number of carbonyl (C=O) groups excluding carboxylic acids is 1. The third kappa shape index (κ3) is 5.54. The molecule has 3 aromatic rings. The fourth-order valence-electron chi connectivity index (χ4n) is 3.51. The molecule has 0 bridgehead atoms. The highest BCUT2D eigenvalue weighted by atomic mass is 16.6. The largest absolute Gasteiger partial charge is 0.481 e. The second-order valence-electron chi connectivity index (χ2n) is 7.57. The van der Waals surface area contributed by atoms with Crippen LogP contribution in [0.3, 0.4) is 0 Å². The molecule has 0 saturated carbocycles. The first kappa shape index (κ1) is 23.9. The molecular formula is C24H23N5O5. The van der Waals surface area contributed by atoms with E-state index in [1.807, 2.05) is 6.07 Å². The standard InChI is InChI=1S/C24H23N5O5/c25-22(26)17-9-11-19(12-10-17)28-24(14-21(30)31,18-7-4-8-20(13-18)29(33)34)23(32)27-15-16-5-2-1-3-6-16/h1-13,28H,14-15H2,(H3,25,26)(H,27,32)(H,30,31)/t24-/m0/s1. The molecule has 10 nitrogen and oxygen atoms in total. The van der Waals surface area contributed by atoms with Gasteiger partial charge in [-0.05, 0) is 35.4 Å². The highest BCUT2D eigenvalue weighted by Gasteiger charge is 2.43. The molecule has 0 aliphatic heterocycles. The van der Waals surface area contributed by atoms with Gasteiger partial charge in [0, 0.05) is 29.9 Å². The van der Waals surface area contributed by atoms with Crippen LogP contribution >= 0.6 is 0 Å². The Kier molecular flexibility index (Phi) is 7.22. The molecule has 0 radical (unpaired) electrons. The maximum Gasteiger partial charge on any atom is 0.306 e. The number of nitro benzene ring substituents is 1. The molecule has 174 valence electrons. The van der Waals surface area contributed by atoms with Crippen LogP contribution in [0.4, 0.5) is 11.4 Å².